The molecule has 1 atom stereocenters. The molecule has 1 rings (SSSR count). The summed E-state index contributed by atoms with van der Waals surface area (Å²) in [4.78, 5) is 8.78. The quantitative estimate of drug-likeness (QED) is 0.561. The van der Waals surface area contributed by atoms with Gasteiger partial charge in [0.2, 0.25) is 0 Å². The molecule has 0 amide bonds. The molecule has 0 aromatic heterocycles. The van der Waals surface area contributed by atoms with Crippen LogP contribution in [0.3, 0.4) is 0 Å². The first kappa shape index (κ1) is 12.1. The highest BCUT2D eigenvalue weighted by Crippen LogP contribution is 2.26. The van der Waals surface area contributed by atoms with Crippen LogP contribution in [-0.4, -0.2) is 21.2 Å². The van der Waals surface area contributed by atoms with E-state index in [1.54, 1.807) is 0 Å². The molecule has 1 aromatic rings. The van der Waals surface area contributed by atoms with E-state index in [-0.39, 0.29) is 17.2 Å². The fraction of sp³-hybridized carbons (Fsp3) is 0.222. The summed E-state index contributed by atoms with van der Waals surface area (Å²) in [6.45, 7) is 0. The Balaban J connectivity index is 2.91. The Kier molecular flexibility index (Phi) is 3.44. The van der Waals surface area contributed by atoms with Gasteiger partial charge in [-0.1, -0.05) is 29.3 Å². The van der Waals surface area contributed by atoms with Gasteiger partial charge in [-0.05, 0) is 17.7 Å². The average molecular weight is 250 g/mol. The van der Waals surface area contributed by atoms with Gasteiger partial charge >= 0.3 is 5.97 Å². The molecule has 82 valence electrons. The van der Waals surface area contributed by atoms with Crippen molar-refractivity contribution in [1.82, 2.24) is 0 Å². The van der Waals surface area contributed by atoms with Crippen molar-refractivity contribution >= 4 is 29.2 Å². The summed E-state index contributed by atoms with van der Waals surface area (Å²) in [6, 6.07) is 4.28. The molecule has 0 bridgehead atoms. The number of hydrogen-bond acceptors (Lipinski definition) is 3. The van der Waals surface area contributed by atoms with E-state index in [2.05, 4.69) is 0 Å². The molecule has 0 heterocycles. The number of hydrogen-bond donors (Lipinski definition) is 3. The SMILES string of the molecule is N[C@@](Cl)(Cc1ccc(O)c(Cl)c1)C(=O)O. The lowest BCUT2D eigenvalue weighted by Crippen LogP contribution is -2.44. The number of carboxylic acids is 1. The molecule has 15 heavy (non-hydrogen) atoms. The zero-order chi connectivity index (χ0) is 11.6. The normalized spacial score (nSPS) is 14.6. The Bertz CT molecular complexity index is 393. The number of carboxylic acid groups (broad SMARTS) is 1. The molecule has 1 aromatic carbocycles. The fourth-order valence-corrected chi connectivity index (χ4v) is 1.39. The molecule has 0 aliphatic carbocycles. The van der Waals surface area contributed by atoms with Crippen LogP contribution in [0.15, 0.2) is 18.2 Å². The molecule has 0 spiro atoms. The van der Waals surface area contributed by atoms with Gasteiger partial charge in [0.1, 0.15) is 5.75 Å². The summed E-state index contributed by atoms with van der Waals surface area (Å²) in [5, 5.41) is 18.0. The highest BCUT2D eigenvalue weighted by Gasteiger charge is 2.31. The molecular formula is C9H9Cl2NO3. The standard InChI is InChI=1S/C9H9Cl2NO3/c10-6-3-5(1-2-7(6)13)4-9(11,12)8(14)15/h1-3,13H,4,12H2,(H,14,15)/t9-/m0/s1. The Morgan fingerprint density at radius 1 is 1.53 bits per heavy atom. The Morgan fingerprint density at radius 3 is 2.60 bits per heavy atom. The molecule has 0 saturated carbocycles. The van der Waals surface area contributed by atoms with Crippen LogP contribution in [0.5, 0.6) is 5.75 Å². The van der Waals surface area contributed by atoms with E-state index in [1.807, 2.05) is 0 Å². The lowest BCUT2D eigenvalue weighted by Gasteiger charge is -2.16. The van der Waals surface area contributed by atoms with Crippen LogP contribution < -0.4 is 5.73 Å². The first-order valence-electron chi connectivity index (χ1n) is 4.01. The third-order valence-corrected chi connectivity index (χ3v) is 2.43. The van der Waals surface area contributed by atoms with Gasteiger partial charge in [0.15, 0.2) is 5.00 Å². The molecule has 0 aliphatic heterocycles. The zero-order valence-electron chi connectivity index (χ0n) is 7.58. The average Bonchev–Trinajstić information content (AvgIpc) is 2.10. The molecule has 0 radical (unpaired) electrons. The van der Waals surface area contributed by atoms with Crippen LogP contribution >= 0.6 is 23.2 Å². The van der Waals surface area contributed by atoms with Gasteiger partial charge in [-0.25, -0.2) is 4.79 Å². The summed E-state index contributed by atoms with van der Waals surface area (Å²) in [5.74, 6) is -1.39. The maximum atomic E-state index is 10.6. The topological polar surface area (TPSA) is 83.5 Å². The number of phenolic OH excluding ortho intramolecular Hbond substituents is 1. The van der Waals surface area contributed by atoms with Crippen LogP contribution in [0.2, 0.25) is 5.02 Å². The molecule has 0 unspecified atom stereocenters. The van der Waals surface area contributed by atoms with E-state index in [9.17, 15) is 4.79 Å². The Hall–Kier alpha value is -0.970. The molecule has 0 aliphatic rings. The van der Waals surface area contributed by atoms with Gasteiger partial charge in [0.25, 0.3) is 0 Å². The summed E-state index contributed by atoms with van der Waals surface area (Å²) in [5.41, 5.74) is 5.88. The lowest BCUT2D eigenvalue weighted by atomic mass is 10.1. The molecule has 0 saturated heterocycles. The van der Waals surface area contributed by atoms with Crippen LogP contribution in [0.4, 0.5) is 0 Å². The molecule has 4 N–H and O–H groups in total. The third-order valence-electron chi connectivity index (χ3n) is 1.83. The van der Waals surface area contributed by atoms with E-state index < -0.39 is 11.0 Å². The fourth-order valence-electron chi connectivity index (χ4n) is 1.03. The largest absolute Gasteiger partial charge is 0.506 e. The van der Waals surface area contributed by atoms with Crippen molar-refractivity contribution in [2.75, 3.05) is 0 Å². The van der Waals surface area contributed by atoms with E-state index in [1.165, 1.54) is 18.2 Å². The molecule has 0 fully saturated rings. The predicted octanol–water partition coefficient (Wildman–Crippen LogP) is 1.57. The second kappa shape index (κ2) is 4.26. The second-order valence-electron chi connectivity index (χ2n) is 3.13. The number of halogens is 2. The third kappa shape index (κ3) is 2.99. The molecule has 6 heteroatoms. The van der Waals surface area contributed by atoms with E-state index in [0.29, 0.717) is 5.56 Å². The van der Waals surface area contributed by atoms with Gasteiger partial charge in [0.05, 0.1) is 5.02 Å². The van der Waals surface area contributed by atoms with Crippen molar-refractivity contribution < 1.29 is 15.0 Å². The van der Waals surface area contributed by atoms with E-state index in [0.717, 1.165) is 0 Å². The minimum absolute atomic E-state index is 0.0760. The number of rotatable bonds is 3. The number of phenols is 1. The van der Waals surface area contributed by atoms with Crippen molar-refractivity contribution in [3.63, 3.8) is 0 Å². The smallest absolute Gasteiger partial charge is 0.339 e. The van der Waals surface area contributed by atoms with Crippen molar-refractivity contribution in [3.05, 3.63) is 28.8 Å². The molecule has 4 nitrogen and oxygen atoms in total. The highest BCUT2D eigenvalue weighted by atomic mass is 35.5. The second-order valence-corrected chi connectivity index (χ2v) is 4.21. The zero-order valence-corrected chi connectivity index (χ0v) is 9.09. The van der Waals surface area contributed by atoms with Gasteiger partial charge in [-0.2, -0.15) is 0 Å². The van der Waals surface area contributed by atoms with Gasteiger partial charge in [-0.3, -0.25) is 0 Å². The van der Waals surface area contributed by atoms with Gasteiger partial charge < -0.3 is 15.9 Å². The van der Waals surface area contributed by atoms with Crippen LogP contribution in [0.1, 0.15) is 5.56 Å². The van der Waals surface area contributed by atoms with Crippen molar-refractivity contribution in [2.24, 2.45) is 5.73 Å². The number of alkyl halides is 1. The van der Waals surface area contributed by atoms with Crippen LogP contribution in [-0.2, 0) is 11.2 Å². The van der Waals surface area contributed by atoms with Gasteiger partial charge in [-0.15, -0.1) is 0 Å². The number of benzene rings is 1. The highest BCUT2D eigenvalue weighted by molar-refractivity contribution is 6.33. The summed E-state index contributed by atoms with van der Waals surface area (Å²) in [7, 11) is 0. The Labute approximate surface area is 96.2 Å². The number of aliphatic carboxylic acids is 1. The Morgan fingerprint density at radius 2 is 2.13 bits per heavy atom. The number of nitrogens with two attached hydrogens (primary N) is 1. The summed E-state index contributed by atoms with van der Waals surface area (Å²) in [6.07, 6.45) is -0.0795. The minimum Gasteiger partial charge on any atom is -0.506 e. The van der Waals surface area contributed by atoms with Crippen LogP contribution in [0, 0.1) is 0 Å². The van der Waals surface area contributed by atoms with Crippen molar-refractivity contribution in [1.29, 1.82) is 0 Å². The monoisotopic (exact) mass is 249 g/mol. The van der Waals surface area contributed by atoms with Gasteiger partial charge in [0, 0.05) is 6.42 Å². The van der Waals surface area contributed by atoms with E-state index >= 15 is 0 Å². The number of aromatic hydroxyl groups is 1. The maximum Gasteiger partial charge on any atom is 0.339 e. The van der Waals surface area contributed by atoms with Crippen molar-refractivity contribution in [3.8, 4) is 5.75 Å². The number of carbonyl (C=O) groups is 1. The maximum absolute atomic E-state index is 10.6. The first-order valence-corrected chi connectivity index (χ1v) is 4.77. The summed E-state index contributed by atoms with van der Waals surface area (Å²) >= 11 is 11.2. The molecular weight excluding hydrogens is 241 g/mol. The summed E-state index contributed by atoms with van der Waals surface area (Å²) < 4.78 is 0. The van der Waals surface area contributed by atoms with Crippen LogP contribution in [0.25, 0.3) is 0 Å². The predicted molar refractivity (Wildman–Crippen MR) is 57.2 cm³/mol. The first-order chi connectivity index (χ1) is 6.83. The van der Waals surface area contributed by atoms with E-state index in [4.69, 9.17) is 39.1 Å². The minimum atomic E-state index is -1.86. The van der Waals surface area contributed by atoms with Crippen molar-refractivity contribution in [2.45, 2.75) is 11.4 Å². The lowest BCUT2D eigenvalue weighted by molar-refractivity contribution is -0.140.